The molecule has 0 saturated carbocycles. The van der Waals surface area contributed by atoms with Gasteiger partial charge in [-0.05, 0) is 37.1 Å². The van der Waals surface area contributed by atoms with Gasteiger partial charge in [-0.3, -0.25) is 9.59 Å². The van der Waals surface area contributed by atoms with E-state index in [1.165, 1.54) is 18.7 Å². The predicted molar refractivity (Wildman–Crippen MR) is 121 cm³/mol. The number of hydrogen-bond donors (Lipinski definition) is 1. The summed E-state index contributed by atoms with van der Waals surface area (Å²) in [5.41, 5.74) is 1.78. The molecule has 1 unspecified atom stereocenters. The molecule has 0 aliphatic heterocycles. The van der Waals surface area contributed by atoms with E-state index in [2.05, 4.69) is 15.3 Å². The average molecular weight is 432 g/mol. The predicted octanol–water partition coefficient (Wildman–Crippen LogP) is 4.30. The van der Waals surface area contributed by atoms with Crippen molar-refractivity contribution >= 4 is 34.4 Å². The van der Waals surface area contributed by atoms with E-state index in [0.717, 1.165) is 16.5 Å². The van der Waals surface area contributed by atoms with Crippen molar-refractivity contribution < 1.29 is 14.0 Å². The molecular weight excluding hydrogens is 410 g/mol. The zero-order chi connectivity index (χ0) is 21.6. The number of thioether (sulfide) groups is 1. The van der Waals surface area contributed by atoms with Gasteiger partial charge in [0.1, 0.15) is 5.03 Å². The molecule has 1 N–H and O–H groups in total. The molecule has 6 nitrogen and oxygen atoms in total. The van der Waals surface area contributed by atoms with Gasteiger partial charge in [0.15, 0.2) is 17.4 Å². The maximum Gasteiger partial charge on any atom is 0.231 e. The molecule has 4 rings (SSSR count). The van der Waals surface area contributed by atoms with Crippen LogP contribution in [0.5, 0.6) is 0 Å². The number of amides is 1. The maximum absolute atomic E-state index is 12.6. The molecule has 0 spiro atoms. The summed E-state index contributed by atoms with van der Waals surface area (Å²) in [5.74, 6) is 0.879. The Kier molecular flexibility index (Phi) is 6.43. The summed E-state index contributed by atoms with van der Waals surface area (Å²) in [4.78, 5) is 33.9. The minimum Gasteiger partial charge on any atom is -0.461 e. The van der Waals surface area contributed by atoms with E-state index in [1.54, 1.807) is 18.4 Å². The van der Waals surface area contributed by atoms with Crippen LogP contribution in [0.15, 0.2) is 82.4 Å². The number of carbonyl (C=O) groups excluding carboxylic acids is 2. The number of para-hydroxylation sites is 1. The molecule has 1 atom stereocenters. The number of nitrogens with zero attached hydrogens (tertiary/aromatic N) is 2. The number of fused-ring (bicyclic) bond motifs is 1. The van der Waals surface area contributed by atoms with Gasteiger partial charge in [-0.25, -0.2) is 9.97 Å². The Balaban J connectivity index is 1.49. The second-order valence-corrected chi connectivity index (χ2v) is 8.02. The molecule has 0 fully saturated rings. The van der Waals surface area contributed by atoms with Gasteiger partial charge >= 0.3 is 0 Å². The quantitative estimate of drug-likeness (QED) is 0.331. The van der Waals surface area contributed by atoms with Gasteiger partial charge in [-0.2, -0.15) is 0 Å². The van der Waals surface area contributed by atoms with Crippen molar-refractivity contribution in [2.45, 2.75) is 24.4 Å². The monoisotopic (exact) mass is 431 g/mol. The average Bonchev–Trinajstić information content (AvgIpc) is 3.32. The van der Waals surface area contributed by atoms with Gasteiger partial charge < -0.3 is 9.73 Å². The van der Waals surface area contributed by atoms with E-state index in [4.69, 9.17) is 4.42 Å². The number of benzene rings is 2. The van der Waals surface area contributed by atoms with Gasteiger partial charge in [-0.15, -0.1) is 0 Å². The fraction of sp³-hybridized carbons (Fsp3) is 0.167. The molecule has 7 heteroatoms. The van der Waals surface area contributed by atoms with Crippen LogP contribution in [0.2, 0.25) is 0 Å². The maximum atomic E-state index is 12.6. The van der Waals surface area contributed by atoms with Crippen LogP contribution in [0, 0.1) is 0 Å². The molecule has 0 aliphatic rings. The first kappa shape index (κ1) is 20.8. The fourth-order valence-corrected chi connectivity index (χ4v) is 4.02. The molecule has 0 saturated heterocycles. The Hall–Kier alpha value is -3.45. The van der Waals surface area contributed by atoms with Crippen molar-refractivity contribution in [3.05, 3.63) is 78.6 Å². The van der Waals surface area contributed by atoms with E-state index in [-0.39, 0.29) is 17.4 Å². The highest BCUT2D eigenvalue weighted by atomic mass is 32.2. The molecule has 4 aromatic rings. The SMILES string of the molecule is CC(=O)C(Cc1ccccc1)NC(=O)CSc1nc(-c2ccco2)nc2ccccc12. The summed E-state index contributed by atoms with van der Waals surface area (Å²) in [7, 11) is 0. The lowest BCUT2D eigenvalue weighted by atomic mass is 10.0. The van der Waals surface area contributed by atoms with Crippen LogP contribution in [-0.2, 0) is 16.0 Å². The molecule has 0 bridgehead atoms. The van der Waals surface area contributed by atoms with Gasteiger partial charge in [0.25, 0.3) is 0 Å². The lowest BCUT2D eigenvalue weighted by Gasteiger charge is -2.16. The highest BCUT2D eigenvalue weighted by Gasteiger charge is 2.19. The third kappa shape index (κ3) is 5.19. The minimum atomic E-state index is -0.559. The van der Waals surface area contributed by atoms with Gasteiger partial charge in [0.2, 0.25) is 5.91 Å². The number of hydrogen-bond acceptors (Lipinski definition) is 6. The Morgan fingerprint density at radius 1 is 1.00 bits per heavy atom. The van der Waals surface area contributed by atoms with Gasteiger partial charge in [-0.1, -0.05) is 60.3 Å². The van der Waals surface area contributed by atoms with Crippen molar-refractivity contribution in [1.29, 1.82) is 0 Å². The standard InChI is InChI=1S/C24H21N3O3S/c1-16(28)20(14-17-8-3-2-4-9-17)25-22(29)15-31-24-18-10-5-6-11-19(18)26-23(27-24)21-12-7-13-30-21/h2-13,20H,14-15H2,1H3,(H,25,29). The molecule has 0 aliphatic carbocycles. The van der Waals surface area contributed by atoms with Crippen molar-refractivity contribution in [1.82, 2.24) is 15.3 Å². The third-order valence-electron chi connectivity index (χ3n) is 4.76. The lowest BCUT2D eigenvalue weighted by Crippen LogP contribution is -2.42. The Morgan fingerprint density at radius 2 is 1.77 bits per heavy atom. The molecule has 1 amide bonds. The smallest absolute Gasteiger partial charge is 0.231 e. The van der Waals surface area contributed by atoms with Crippen LogP contribution in [0.4, 0.5) is 0 Å². The number of aromatic nitrogens is 2. The van der Waals surface area contributed by atoms with Crippen molar-refractivity contribution in [3.63, 3.8) is 0 Å². The number of rotatable bonds is 8. The van der Waals surface area contributed by atoms with Crippen LogP contribution in [0.3, 0.4) is 0 Å². The van der Waals surface area contributed by atoms with E-state index in [0.29, 0.717) is 23.0 Å². The van der Waals surface area contributed by atoms with E-state index >= 15 is 0 Å². The second-order valence-electron chi connectivity index (χ2n) is 7.06. The number of carbonyl (C=O) groups is 2. The highest BCUT2D eigenvalue weighted by molar-refractivity contribution is 8.00. The normalized spacial score (nSPS) is 11.9. The van der Waals surface area contributed by atoms with Crippen LogP contribution >= 0.6 is 11.8 Å². The molecule has 2 aromatic carbocycles. The van der Waals surface area contributed by atoms with E-state index < -0.39 is 6.04 Å². The lowest BCUT2D eigenvalue weighted by molar-refractivity contribution is -0.125. The highest BCUT2D eigenvalue weighted by Crippen LogP contribution is 2.28. The van der Waals surface area contributed by atoms with Crippen molar-refractivity contribution in [2.24, 2.45) is 0 Å². The zero-order valence-electron chi connectivity index (χ0n) is 16.9. The summed E-state index contributed by atoms with van der Waals surface area (Å²) >= 11 is 1.31. The molecule has 31 heavy (non-hydrogen) atoms. The first-order valence-corrected chi connectivity index (χ1v) is 10.9. The Morgan fingerprint density at radius 3 is 2.52 bits per heavy atom. The molecular formula is C24H21N3O3S. The first-order valence-electron chi connectivity index (χ1n) is 9.87. The van der Waals surface area contributed by atoms with E-state index in [1.807, 2.05) is 54.6 Å². The summed E-state index contributed by atoms with van der Waals surface area (Å²) in [6, 6.07) is 20.3. The summed E-state index contributed by atoms with van der Waals surface area (Å²) < 4.78 is 5.43. The topological polar surface area (TPSA) is 85.1 Å². The second kappa shape index (κ2) is 9.57. The number of nitrogens with one attached hydrogen (secondary N) is 1. The third-order valence-corrected chi connectivity index (χ3v) is 5.75. The van der Waals surface area contributed by atoms with Crippen molar-refractivity contribution in [3.8, 4) is 11.6 Å². The number of Topliss-reactive ketones (excluding diaryl/α,β-unsaturated/α-hetero) is 1. The van der Waals surface area contributed by atoms with Crippen LogP contribution < -0.4 is 5.32 Å². The summed E-state index contributed by atoms with van der Waals surface area (Å²) in [6.45, 7) is 1.49. The van der Waals surface area contributed by atoms with Gasteiger partial charge in [0, 0.05) is 5.39 Å². The number of furan rings is 1. The molecule has 0 radical (unpaired) electrons. The van der Waals surface area contributed by atoms with E-state index in [9.17, 15) is 9.59 Å². The fourth-order valence-electron chi connectivity index (χ4n) is 3.19. The Labute approximate surface area is 184 Å². The first-order chi connectivity index (χ1) is 15.1. The number of ketones is 1. The summed E-state index contributed by atoms with van der Waals surface area (Å²) in [5, 5.41) is 4.41. The largest absolute Gasteiger partial charge is 0.461 e. The Bertz CT molecular complexity index is 1190. The van der Waals surface area contributed by atoms with Crippen LogP contribution in [0.1, 0.15) is 12.5 Å². The van der Waals surface area contributed by atoms with Crippen molar-refractivity contribution in [2.75, 3.05) is 5.75 Å². The van der Waals surface area contributed by atoms with Crippen LogP contribution in [-0.4, -0.2) is 33.5 Å². The summed E-state index contributed by atoms with van der Waals surface area (Å²) in [6.07, 6.45) is 2.04. The van der Waals surface area contributed by atoms with Crippen LogP contribution in [0.25, 0.3) is 22.5 Å². The molecule has 2 heterocycles. The minimum absolute atomic E-state index is 0.0743. The molecule has 2 aromatic heterocycles. The zero-order valence-corrected chi connectivity index (χ0v) is 17.8. The molecule has 156 valence electrons. The van der Waals surface area contributed by atoms with Gasteiger partial charge in [0.05, 0.1) is 23.6 Å².